The number of rotatable bonds is 5. The zero-order chi connectivity index (χ0) is 15.3. The standard InChI is InChI=1S/C14H27N3O3S/c1-21(19,20)16-10-13-3-2-8-17(11-13)14(18)9-12-4-6-15-7-5-12/h12-13,15-16H,2-11H2,1H3. The van der Waals surface area contributed by atoms with E-state index in [1.807, 2.05) is 4.90 Å². The van der Waals surface area contributed by atoms with E-state index < -0.39 is 10.0 Å². The van der Waals surface area contributed by atoms with Crippen LogP contribution in [0, 0.1) is 11.8 Å². The molecule has 7 heteroatoms. The van der Waals surface area contributed by atoms with E-state index in [1.54, 1.807) is 0 Å². The molecule has 2 rings (SSSR count). The Bertz CT molecular complexity index is 446. The zero-order valence-corrected chi connectivity index (χ0v) is 13.6. The van der Waals surface area contributed by atoms with Gasteiger partial charge in [-0.15, -0.1) is 0 Å². The van der Waals surface area contributed by atoms with Gasteiger partial charge < -0.3 is 10.2 Å². The van der Waals surface area contributed by atoms with Crippen molar-refractivity contribution in [3.05, 3.63) is 0 Å². The maximum atomic E-state index is 12.4. The molecule has 0 bridgehead atoms. The number of hydrogen-bond acceptors (Lipinski definition) is 4. The molecule has 6 nitrogen and oxygen atoms in total. The van der Waals surface area contributed by atoms with Crippen LogP contribution in [-0.2, 0) is 14.8 Å². The maximum absolute atomic E-state index is 12.4. The van der Waals surface area contributed by atoms with Gasteiger partial charge in [-0.3, -0.25) is 4.79 Å². The Labute approximate surface area is 127 Å². The Morgan fingerprint density at radius 1 is 1.24 bits per heavy atom. The molecule has 1 amide bonds. The monoisotopic (exact) mass is 317 g/mol. The molecule has 2 aliphatic heterocycles. The van der Waals surface area contributed by atoms with Gasteiger partial charge in [-0.05, 0) is 50.6 Å². The smallest absolute Gasteiger partial charge is 0.222 e. The number of nitrogens with one attached hydrogen (secondary N) is 2. The van der Waals surface area contributed by atoms with E-state index in [4.69, 9.17) is 0 Å². The van der Waals surface area contributed by atoms with Gasteiger partial charge >= 0.3 is 0 Å². The lowest BCUT2D eigenvalue weighted by Gasteiger charge is -2.34. The second kappa shape index (κ2) is 7.56. The summed E-state index contributed by atoms with van der Waals surface area (Å²) in [4.78, 5) is 14.3. The topological polar surface area (TPSA) is 78.5 Å². The summed E-state index contributed by atoms with van der Waals surface area (Å²) in [7, 11) is -3.14. The number of amides is 1. The average molecular weight is 317 g/mol. The summed E-state index contributed by atoms with van der Waals surface area (Å²) in [6, 6.07) is 0. The van der Waals surface area contributed by atoms with Crippen LogP contribution in [0.5, 0.6) is 0 Å². The first-order valence-electron chi connectivity index (χ1n) is 7.87. The van der Waals surface area contributed by atoms with Gasteiger partial charge in [0.1, 0.15) is 0 Å². The highest BCUT2D eigenvalue weighted by atomic mass is 32.2. The number of nitrogens with zero attached hydrogens (tertiary/aromatic N) is 1. The van der Waals surface area contributed by atoms with Crippen LogP contribution in [-0.4, -0.2) is 58.2 Å². The van der Waals surface area contributed by atoms with Crippen molar-refractivity contribution >= 4 is 15.9 Å². The van der Waals surface area contributed by atoms with E-state index in [0.717, 1.165) is 45.3 Å². The zero-order valence-electron chi connectivity index (χ0n) is 12.8. The molecular weight excluding hydrogens is 290 g/mol. The predicted octanol–water partition coefficient (Wildman–Crippen LogP) is 0.164. The first-order valence-corrected chi connectivity index (χ1v) is 9.76. The van der Waals surface area contributed by atoms with Gasteiger partial charge in [0.05, 0.1) is 6.26 Å². The molecule has 2 heterocycles. The largest absolute Gasteiger partial charge is 0.342 e. The second-order valence-electron chi connectivity index (χ2n) is 6.37. The molecule has 122 valence electrons. The highest BCUT2D eigenvalue weighted by molar-refractivity contribution is 7.88. The third-order valence-electron chi connectivity index (χ3n) is 4.43. The molecule has 0 aromatic carbocycles. The van der Waals surface area contributed by atoms with Crippen molar-refractivity contribution < 1.29 is 13.2 Å². The molecule has 1 unspecified atom stereocenters. The van der Waals surface area contributed by atoms with Gasteiger partial charge in [0, 0.05) is 26.1 Å². The Morgan fingerprint density at radius 2 is 1.95 bits per heavy atom. The Morgan fingerprint density at radius 3 is 2.62 bits per heavy atom. The minimum atomic E-state index is -3.14. The molecule has 0 radical (unpaired) electrons. The molecule has 2 aliphatic rings. The molecule has 2 saturated heterocycles. The molecule has 2 fully saturated rings. The summed E-state index contributed by atoms with van der Waals surface area (Å²) in [5.41, 5.74) is 0. The predicted molar refractivity (Wildman–Crippen MR) is 82.4 cm³/mol. The first kappa shape index (κ1) is 16.7. The number of likely N-dealkylation sites (tertiary alicyclic amines) is 1. The van der Waals surface area contributed by atoms with Crippen molar-refractivity contribution in [3.63, 3.8) is 0 Å². The fraction of sp³-hybridized carbons (Fsp3) is 0.929. The van der Waals surface area contributed by atoms with Crippen LogP contribution in [0.25, 0.3) is 0 Å². The summed E-state index contributed by atoms with van der Waals surface area (Å²) >= 11 is 0. The van der Waals surface area contributed by atoms with Gasteiger partial charge in [-0.2, -0.15) is 0 Å². The lowest BCUT2D eigenvalue weighted by molar-refractivity contribution is -0.134. The van der Waals surface area contributed by atoms with E-state index in [1.165, 1.54) is 6.26 Å². The first-order chi connectivity index (χ1) is 9.94. The molecule has 2 N–H and O–H groups in total. The second-order valence-corrected chi connectivity index (χ2v) is 8.20. The van der Waals surface area contributed by atoms with Crippen LogP contribution in [0.2, 0.25) is 0 Å². The van der Waals surface area contributed by atoms with Crippen LogP contribution in [0.4, 0.5) is 0 Å². The van der Waals surface area contributed by atoms with Gasteiger partial charge in [0.2, 0.25) is 15.9 Å². The number of hydrogen-bond donors (Lipinski definition) is 2. The summed E-state index contributed by atoms with van der Waals surface area (Å²) in [6.07, 6.45) is 5.94. The van der Waals surface area contributed by atoms with Gasteiger partial charge in [0.15, 0.2) is 0 Å². The minimum absolute atomic E-state index is 0.241. The number of sulfonamides is 1. The lowest BCUT2D eigenvalue weighted by atomic mass is 9.92. The van der Waals surface area contributed by atoms with Crippen LogP contribution in [0.3, 0.4) is 0 Å². The number of piperidine rings is 2. The van der Waals surface area contributed by atoms with E-state index >= 15 is 0 Å². The summed E-state index contributed by atoms with van der Waals surface area (Å²) < 4.78 is 24.9. The Balaban J connectivity index is 1.78. The van der Waals surface area contributed by atoms with E-state index in [9.17, 15) is 13.2 Å². The third kappa shape index (κ3) is 5.92. The Hall–Kier alpha value is -0.660. The fourth-order valence-corrected chi connectivity index (χ4v) is 3.73. The molecular formula is C14H27N3O3S. The summed E-state index contributed by atoms with van der Waals surface area (Å²) in [6.45, 7) is 3.97. The molecule has 0 saturated carbocycles. The SMILES string of the molecule is CS(=O)(=O)NCC1CCCN(C(=O)CC2CCNCC2)C1. The Kier molecular flexibility index (Phi) is 6.01. The van der Waals surface area contributed by atoms with Crippen LogP contribution >= 0.6 is 0 Å². The van der Waals surface area contributed by atoms with Crippen molar-refractivity contribution in [3.8, 4) is 0 Å². The molecule has 0 aromatic rings. The molecule has 0 aromatic heterocycles. The van der Waals surface area contributed by atoms with Crippen molar-refractivity contribution in [2.24, 2.45) is 11.8 Å². The van der Waals surface area contributed by atoms with E-state index in [0.29, 0.717) is 25.4 Å². The van der Waals surface area contributed by atoms with Gasteiger partial charge in [-0.25, -0.2) is 13.1 Å². The van der Waals surface area contributed by atoms with Crippen molar-refractivity contribution in [1.29, 1.82) is 0 Å². The van der Waals surface area contributed by atoms with Crippen molar-refractivity contribution in [2.45, 2.75) is 32.1 Å². The van der Waals surface area contributed by atoms with Gasteiger partial charge in [0.25, 0.3) is 0 Å². The molecule has 0 spiro atoms. The highest BCUT2D eigenvalue weighted by Crippen LogP contribution is 2.21. The molecule has 21 heavy (non-hydrogen) atoms. The van der Waals surface area contributed by atoms with Gasteiger partial charge in [-0.1, -0.05) is 0 Å². The number of carbonyl (C=O) groups is 1. The molecule has 0 aliphatic carbocycles. The third-order valence-corrected chi connectivity index (χ3v) is 5.12. The van der Waals surface area contributed by atoms with Crippen molar-refractivity contribution in [1.82, 2.24) is 14.9 Å². The lowest BCUT2D eigenvalue weighted by Crippen LogP contribution is -2.44. The van der Waals surface area contributed by atoms with Crippen molar-refractivity contribution in [2.75, 3.05) is 39.0 Å². The van der Waals surface area contributed by atoms with E-state index in [-0.39, 0.29) is 11.8 Å². The summed E-state index contributed by atoms with van der Waals surface area (Å²) in [5, 5.41) is 3.32. The minimum Gasteiger partial charge on any atom is -0.342 e. The fourth-order valence-electron chi connectivity index (χ4n) is 3.19. The maximum Gasteiger partial charge on any atom is 0.222 e. The van der Waals surface area contributed by atoms with Crippen LogP contribution in [0.15, 0.2) is 0 Å². The average Bonchev–Trinajstić information content (AvgIpc) is 2.46. The quantitative estimate of drug-likeness (QED) is 0.757. The van der Waals surface area contributed by atoms with E-state index in [2.05, 4.69) is 10.0 Å². The summed E-state index contributed by atoms with van der Waals surface area (Å²) in [5.74, 6) is 0.990. The highest BCUT2D eigenvalue weighted by Gasteiger charge is 2.26. The van der Waals surface area contributed by atoms with Crippen LogP contribution in [0.1, 0.15) is 32.1 Å². The molecule has 1 atom stereocenters. The number of carbonyl (C=O) groups excluding carboxylic acids is 1. The van der Waals surface area contributed by atoms with Crippen LogP contribution < -0.4 is 10.0 Å². The normalized spacial score (nSPS) is 25.0.